The average Bonchev–Trinajstić information content (AvgIpc) is 2.82. The fourth-order valence-electron chi connectivity index (χ4n) is 1.73. The van der Waals surface area contributed by atoms with Gasteiger partial charge in [0.2, 0.25) is 10.0 Å². The van der Waals surface area contributed by atoms with Crippen molar-refractivity contribution >= 4 is 10.0 Å². The number of nitrogens with one attached hydrogen (secondary N) is 1. The predicted molar refractivity (Wildman–Crippen MR) is 73.0 cm³/mol. The standard InChI is InChI=1S/C13H16N2O4S/c1-9-4-5-11(18-3)13(6-9)20(16,17)15-7-12-10(2)14-8-19-12/h4-6,8,15H,7H2,1-3H3. The van der Waals surface area contributed by atoms with E-state index in [2.05, 4.69) is 9.71 Å². The van der Waals surface area contributed by atoms with Crippen LogP contribution in [0.3, 0.4) is 0 Å². The van der Waals surface area contributed by atoms with Crippen LogP contribution in [0.25, 0.3) is 0 Å². The highest BCUT2D eigenvalue weighted by Gasteiger charge is 2.20. The molecule has 1 aromatic heterocycles. The molecule has 7 heteroatoms. The maximum atomic E-state index is 12.3. The largest absolute Gasteiger partial charge is 0.495 e. The number of hydrogen-bond donors (Lipinski definition) is 1. The van der Waals surface area contributed by atoms with Crippen molar-refractivity contribution in [2.75, 3.05) is 7.11 Å². The topological polar surface area (TPSA) is 81.4 Å². The number of nitrogens with zero attached hydrogens (tertiary/aromatic N) is 1. The Hall–Kier alpha value is -1.86. The highest BCUT2D eigenvalue weighted by atomic mass is 32.2. The SMILES string of the molecule is COc1ccc(C)cc1S(=O)(=O)NCc1ocnc1C. The Morgan fingerprint density at radius 2 is 2.10 bits per heavy atom. The zero-order valence-corrected chi connectivity index (χ0v) is 12.3. The lowest BCUT2D eigenvalue weighted by atomic mass is 10.2. The molecule has 0 aliphatic heterocycles. The number of ether oxygens (including phenoxy) is 1. The Kier molecular flexibility index (Phi) is 4.10. The molecular weight excluding hydrogens is 280 g/mol. The minimum absolute atomic E-state index is 0.0469. The number of rotatable bonds is 5. The molecule has 1 aromatic carbocycles. The molecule has 0 amide bonds. The van der Waals surface area contributed by atoms with Crippen LogP contribution in [0.5, 0.6) is 5.75 Å². The highest BCUT2D eigenvalue weighted by molar-refractivity contribution is 7.89. The zero-order chi connectivity index (χ0) is 14.8. The molecule has 0 atom stereocenters. The van der Waals surface area contributed by atoms with Crippen LogP contribution in [0.1, 0.15) is 17.0 Å². The van der Waals surface area contributed by atoms with Crippen molar-refractivity contribution in [3.8, 4) is 5.75 Å². The maximum Gasteiger partial charge on any atom is 0.244 e. The van der Waals surface area contributed by atoms with E-state index in [9.17, 15) is 8.42 Å². The van der Waals surface area contributed by atoms with E-state index in [4.69, 9.17) is 9.15 Å². The van der Waals surface area contributed by atoms with Gasteiger partial charge in [0.05, 0.1) is 19.3 Å². The van der Waals surface area contributed by atoms with Crippen molar-refractivity contribution in [2.24, 2.45) is 0 Å². The van der Waals surface area contributed by atoms with Gasteiger partial charge in [0.15, 0.2) is 6.39 Å². The molecule has 108 valence electrons. The number of sulfonamides is 1. The molecule has 0 spiro atoms. The van der Waals surface area contributed by atoms with Gasteiger partial charge < -0.3 is 9.15 Å². The summed E-state index contributed by atoms with van der Waals surface area (Å²) in [6.07, 6.45) is 1.28. The minimum Gasteiger partial charge on any atom is -0.495 e. The van der Waals surface area contributed by atoms with E-state index in [0.29, 0.717) is 17.2 Å². The number of oxazole rings is 1. The minimum atomic E-state index is -3.68. The van der Waals surface area contributed by atoms with E-state index in [1.165, 1.54) is 13.5 Å². The maximum absolute atomic E-state index is 12.3. The molecular formula is C13H16N2O4S. The molecule has 6 nitrogen and oxygen atoms in total. The fraction of sp³-hybridized carbons (Fsp3) is 0.308. The van der Waals surface area contributed by atoms with E-state index in [0.717, 1.165) is 5.56 Å². The van der Waals surface area contributed by atoms with Gasteiger partial charge in [0.25, 0.3) is 0 Å². The third-order valence-corrected chi connectivity index (χ3v) is 4.30. The van der Waals surface area contributed by atoms with E-state index < -0.39 is 10.0 Å². The van der Waals surface area contributed by atoms with Crippen LogP contribution in [-0.2, 0) is 16.6 Å². The van der Waals surface area contributed by atoms with Crippen LogP contribution in [0.4, 0.5) is 0 Å². The van der Waals surface area contributed by atoms with Gasteiger partial charge in [-0.1, -0.05) is 6.07 Å². The molecule has 0 bridgehead atoms. The van der Waals surface area contributed by atoms with Gasteiger partial charge in [0, 0.05) is 0 Å². The number of hydrogen-bond acceptors (Lipinski definition) is 5. The second-order valence-corrected chi connectivity index (χ2v) is 6.08. The van der Waals surface area contributed by atoms with E-state index in [1.807, 2.05) is 6.92 Å². The van der Waals surface area contributed by atoms with Crippen LogP contribution in [0.15, 0.2) is 33.9 Å². The molecule has 20 heavy (non-hydrogen) atoms. The Morgan fingerprint density at radius 3 is 2.70 bits per heavy atom. The molecule has 0 aliphatic carbocycles. The van der Waals surface area contributed by atoms with Crippen LogP contribution >= 0.6 is 0 Å². The van der Waals surface area contributed by atoms with Crippen molar-refractivity contribution in [2.45, 2.75) is 25.3 Å². The summed E-state index contributed by atoms with van der Waals surface area (Å²) in [5, 5.41) is 0. The van der Waals surface area contributed by atoms with Gasteiger partial charge in [-0.15, -0.1) is 0 Å². The second-order valence-electron chi connectivity index (χ2n) is 4.34. The van der Waals surface area contributed by atoms with Crippen LogP contribution in [0, 0.1) is 13.8 Å². The van der Waals surface area contributed by atoms with Crippen LogP contribution in [-0.4, -0.2) is 20.5 Å². The fourth-order valence-corrected chi connectivity index (χ4v) is 2.96. The lowest BCUT2D eigenvalue weighted by molar-refractivity contribution is 0.402. The Bertz CT molecular complexity index is 707. The van der Waals surface area contributed by atoms with Crippen molar-refractivity contribution in [1.29, 1.82) is 0 Å². The molecule has 0 saturated heterocycles. The summed E-state index contributed by atoms with van der Waals surface area (Å²) in [6.45, 7) is 3.62. The molecule has 2 rings (SSSR count). The monoisotopic (exact) mass is 296 g/mol. The Labute approximate surface area is 117 Å². The predicted octanol–water partition coefficient (Wildman–Crippen LogP) is 1.78. The highest BCUT2D eigenvalue weighted by Crippen LogP contribution is 2.24. The first-order valence-corrected chi connectivity index (χ1v) is 7.45. The van der Waals surface area contributed by atoms with E-state index in [-0.39, 0.29) is 11.4 Å². The molecule has 0 fully saturated rings. The van der Waals surface area contributed by atoms with Gasteiger partial charge in [-0.2, -0.15) is 0 Å². The lowest BCUT2D eigenvalue weighted by Gasteiger charge is -2.11. The average molecular weight is 296 g/mol. The summed E-state index contributed by atoms with van der Waals surface area (Å²) in [6, 6.07) is 4.98. The summed E-state index contributed by atoms with van der Waals surface area (Å²) >= 11 is 0. The summed E-state index contributed by atoms with van der Waals surface area (Å²) in [4.78, 5) is 4.02. The molecule has 1 N–H and O–H groups in total. The quantitative estimate of drug-likeness (QED) is 0.909. The van der Waals surface area contributed by atoms with Gasteiger partial charge >= 0.3 is 0 Å². The van der Waals surface area contributed by atoms with E-state index in [1.54, 1.807) is 25.1 Å². The summed E-state index contributed by atoms with van der Waals surface area (Å²) in [5.74, 6) is 0.789. The van der Waals surface area contributed by atoms with Crippen LogP contribution in [0.2, 0.25) is 0 Å². The summed E-state index contributed by atoms with van der Waals surface area (Å²) in [5.41, 5.74) is 1.49. The zero-order valence-electron chi connectivity index (χ0n) is 11.5. The third-order valence-electron chi connectivity index (χ3n) is 2.88. The van der Waals surface area contributed by atoms with Gasteiger partial charge in [-0.05, 0) is 31.5 Å². The van der Waals surface area contributed by atoms with Crippen LogP contribution < -0.4 is 9.46 Å². The first kappa shape index (κ1) is 14.5. The number of methoxy groups -OCH3 is 1. The lowest BCUT2D eigenvalue weighted by Crippen LogP contribution is -2.24. The van der Waals surface area contributed by atoms with E-state index >= 15 is 0 Å². The Balaban J connectivity index is 2.26. The number of benzene rings is 1. The molecule has 2 aromatic rings. The number of aryl methyl sites for hydroxylation is 2. The first-order chi connectivity index (χ1) is 9.44. The van der Waals surface area contributed by atoms with Crippen molar-refractivity contribution in [3.63, 3.8) is 0 Å². The molecule has 0 radical (unpaired) electrons. The van der Waals surface area contributed by atoms with Gasteiger partial charge in [0.1, 0.15) is 16.4 Å². The second kappa shape index (κ2) is 5.64. The first-order valence-electron chi connectivity index (χ1n) is 5.97. The smallest absolute Gasteiger partial charge is 0.244 e. The van der Waals surface area contributed by atoms with Crippen molar-refractivity contribution < 1.29 is 17.6 Å². The molecule has 0 saturated carbocycles. The third kappa shape index (κ3) is 3.00. The van der Waals surface area contributed by atoms with Gasteiger partial charge in [-0.25, -0.2) is 18.1 Å². The summed E-state index contributed by atoms with van der Waals surface area (Å²) in [7, 11) is -2.25. The summed E-state index contributed by atoms with van der Waals surface area (Å²) < 4.78 is 37.3. The Morgan fingerprint density at radius 1 is 1.35 bits per heavy atom. The van der Waals surface area contributed by atoms with Crippen molar-refractivity contribution in [3.05, 3.63) is 41.6 Å². The molecule has 0 aliphatic rings. The normalized spacial score (nSPS) is 11.6. The molecule has 1 heterocycles. The number of aromatic nitrogens is 1. The van der Waals surface area contributed by atoms with Crippen molar-refractivity contribution in [1.82, 2.24) is 9.71 Å². The van der Waals surface area contributed by atoms with Gasteiger partial charge in [-0.3, -0.25) is 0 Å². The molecule has 0 unspecified atom stereocenters.